The van der Waals surface area contributed by atoms with Crippen LogP contribution in [0, 0.1) is 5.92 Å². The van der Waals surface area contributed by atoms with Crippen LogP contribution in [0.5, 0.6) is 0 Å². The average molecular weight is 521 g/mol. The van der Waals surface area contributed by atoms with Crippen molar-refractivity contribution in [1.82, 2.24) is 30.9 Å². The third-order valence-corrected chi connectivity index (χ3v) is 7.67. The summed E-state index contributed by atoms with van der Waals surface area (Å²) in [6.45, 7) is 3.04. The van der Waals surface area contributed by atoms with Gasteiger partial charge in [-0.2, -0.15) is 4.98 Å². The maximum atomic E-state index is 5.59. The Hall–Kier alpha value is -4.08. The van der Waals surface area contributed by atoms with Crippen LogP contribution in [0.1, 0.15) is 41.8 Å². The molecule has 9 nitrogen and oxygen atoms in total. The molecule has 198 valence electrons. The highest BCUT2D eigenvalue weighted by atomic mass is 16.5. The third-order valence-electron chi connectivity index (χ3n) is 7.67. The van der Waals surface area contributed by atoms with Gasteiger partial charge in [-0.05, 0) is 30.7 Å². The van der Waals surface area contributed by atoms with Crippen LogP contribution in [0.15, 0.2) is 76.2 Å². The second kappa shape index (κ2) is 10.6. The van der Waals surface area contributed by atoms with Gasteiger partial charge in [0, 0.05) is 49.3 Å². The summed E-state index contributed by atoms with van der Waals surface area (Å²) in [5, 5.41) is 7.59. The lowest BCUT2D eigenvalue weighted by atomic mass is 10.0. The van der Waals surface area contributed by atoms with Crippen LogP contribution in [-0.2, 0) is 26.1 Å². The number of aromatic nitrogens is 3. The van der Waals surface area contributed by atoms with Crippen molar-refractivity contribution < 1.29 is 4.52 Å². The van der Waals surface area contributed by atoms with Gasteiger partial charge in [0.15, 0.2) is 11.6 Å². The molecule has 1 saturated heterocycles. The fourth-order valence-corrected chi connectivity index (χ4v) is 5.39. The zero-order valence-electron chi connectivity index (χ0n) is 21.8. The van der Waals surface area contributed by atoms with Crippen molar-refractivity contribution in [2.45, 2.75) is 51.4 Å². The largest absolute Gasteiger partial charge is 0.359 e. The van der Waals surface area contributed by atoms with Crippen LogP contribution in [0.4, 0.5) is 11.8 Å². The van der Waals surface area contributed by atoms with E-state index in [0.29, 0.717) is 18.5 Å². The minimum Gasteiger partial charge on any atom is -0.359 e. The van der Waals surface area contributed by atoms with Gasteiger partial charge >= 0.3 is 0 Å². The highest BCUT2D eigenvalue weighted by molar-refractivity contribution is 5.86. The van der Waals surface area contributed by atoms with Gasteiger partial charge in [0.2, 0.25) is 5.95 Å². The second-order valence-corrected chi connectivity index (χ2v) is 10.6. The molecule has 1 unspecified atom stereocenters. The molecule has 1 aliphatic carbocycles. The normalized spacial score (nSPS) is 20.1. The first-order chi connectivity index (χ1) is 19.3. The first-order valence-electron chi connectivity index (χ1n) is 13.8. The zero-order valence-corrected chi connectivity index (χ0v) is 21.8. The molecule has 2 aromatic heterocycles. The van der Waals surface area contributed by atoms with Crippen LogP contribution in [0.3, 0.4) is 0 Å². The lowest BCUT2D eigenvalue weighted by molar-refractivity contribution is 0.241. The number of hydrazine groups is 1. The van der Waals surface area contributed by atoms with Crippen LogP contribution >= 0.6 is 0 Å². The van der Waals surface area contributed by atoms with Gasteiger partial charge < -0.3 is 15.3 Å². The molecule has 7 rings (SSSR count). The van der Waals surface area contributed by atoms with E-state index in [1.165, 1.54) is 18.4 Å². The lowest BCUT2D eigenvalue weighted by Gasteiger charge is -2.28. The van der Waals surface area contributed by atoms with Crippen molar-refractivity contribution in [1.29, 1.82) is 0 Å². The first kappa shape index (κ1) is 24.0. The highest BCUT2D eigenvalue weighted by Gasteiger charge is 2.35. The van der Waals surface area contributed by atoms with Gasteiger partial charge in [-0.25, -0.2) is 15.4 Å². The molecule has 1 atom stereocenters. The minimum atomic E-state index is 0.436. The van der Waals surface area contributed by atoms with E-state index in [1.807, 2.05) is 36.4 Å². The van der Waals surface area contributed by atoms with E-state index in [2.05, 4.69) is 56.6 Å². The van der Waals surface area contributed by atoms with Crippen molar-refractivity contribution in [2.75, 3.05) is 11.9 Å². The number of nitrogens with one attached hydrogen (secondary N) is 3. The number of hydrogen-bond donors (Lipinski definition) is 3. The average Bonchev–Trinajstić information content (AvgIpc) is 3.53. The Morgan fingerprint density at radius 2 is 1.85 bits per heavy atom. The lowest BCUT2D eigenvalue weighted by Crippen LogP contribution is -2.32. The van der Waals surface area contributed by atoms with Crippen molar-refractivity contribution in [2.24, 2.45) is 10.9 Å². The van der Waals surface area contributed by atoms with Gasteiger partial charge in [0.25, 0.3) is 0 Å². The number of hydrogen-bond acceptors (Lipinski definition) is 8. The van der Waals surface area contributed by atoms with Crippen molar-refractivity contribution >= 4 is 17.6 Å². The van der Waals surface area contributed by atoms with E-state index in [9.17, 15) is 0 Å². The molecular weight excluding hydrogens is 488 g/mol. The molecule has 2 aromatic carbocycles. The maximum absolute atomic E-state index is 5.59. The highest BCUT2D eigenvalue weighted by Crippen LogP contribution is 2.35. The summed E-state index contributed by atoms with van der Waals surface area (Å²) in [7, 11) is 0. The van der Waals surface area contributed by atoms with Crippen molar-refractivity contribution in [3.8, 4) is 11.3 Å². The minimum absolute atomic E-state index is 0.436. The number of anilines is 1. The fourth-order valence-electron chi connectivity index (χ4n) is 5.39. The summed E-state index contributed by atoms with van der Waals surface area (Å²) >= 11 is 0. The summed E-state index contributed by atoms with van der Waals surface area (Å²) in [5.74, 6) is 3.74. The smallest absolute Gasteiger partial charge is 0.225 e. The van der Waals surface area contributed by atoms with Crippen LogP contribution < -0.4 is 16.2 Å². The summed E-state index contributed by atoms with van der Waals surface area (Å²) < 4.78 is 5.59. The van der Waals surface area contributed by atoms with Gasteiger partial charge in [0.05, 0.1) is 12.2 Å². The zero-order chi connectivity index (χ0) is 26.0. The molecule has 0 amide bonds. The van der Waals surface area contributed by atoms with Crippen molar-refractivity contribution in [3.05, 3.63) is 89.3 Å². The predicted molar refractivity (Wildman–Crippen MR) is 150 cm³/mol. The molecule has 39 heavy (non-hydrogen) atoms. The number of nitrogens with zero attached hydrogens (tertiary/aromatic N) is 5. The number of benzene rings is 2. The molecule has 1 saturated carbocycles. The number of fused-ring (bicyclic) bond motifs is 1. The molecule has 2 fully saturated rings. The number of amidine groups is 1. The Balaban J connectivity index is 1.12. The van der Waals surface area contributed by atoms with E-state index in [-0.39, 0.29) is 0 Å². The Morgan fingerprint density at radius 1 is 1.03 bits per heavy atom. The predicted octanol–water partition coefficient (Wildman–Crippen LogP) is 4.61. The van der Waals surface area contributed by atoms with Crippen LogP contribution in [0.25, 0.3) is 11.3 Å². The topological polar surface area (TPSA) is 104 Å². The van der Waals surface area contributed by atoms with E-state index in [1.54, 1.807) is 0 Å². The summed E-state index contributed by atoms with van der Waals surface area (Å²) in [6, 6.07) is 23.0. The first-order valence-corrected chi connectivity index (χ1v) is 13.8. The molecule has 3 aliphatic rings. The molecule has 2 aliphatic heterocycles. The van der Waals surface area contributed by atoms with E-state index >= 15 is 0 Å². The molecular formula is C30H32N8O. The quantitative estimate of drug-likeness (QED) is 0.310. The third kappa shape index (κ3) is 5.55. The van der Waals surface area contributed by atoms with Crippen molar-refractivity contribution in [3.63, 3.8) is 0 Å². The van der Waals surface area contributed by atoms with Gasteiger partial charge in [-0.3, -0.25) is 4.90 Å². The fraction of sp³-hybridized carbons (Fsp3) is 0.333. The Morgan fingerprint density at radius 3 is 2.67 bits per heavy atom. The summed E-state index contributed by atoms with van der Waals surface area (Å²) in [4.78, 5) is 17.2. The molecule has 4 heterocycles. The molecule has 0 radical (unpaired) electrons. The van der Waals surface area contributed by atoms with Crippen LogP contribution in [-0.4, -0.2) is 38.4 Å². The van der Waals surface area contributed by atoms with Gasteiger partial charge in [-0.1, -0.05) is 65.8 Å². The van der Waals surface area contributed by atoms with Gasteiger partial charge in [-0.15, -0.1) is 0 Å². The van der Waals surface area contributed by atoms with Crippen LogP contribution in [0.2, 0.25) is 0 Å². The summed E-state index contributed by atoms with van der Waals surface area (Å²) in [6.07, 6.45) is 4.38. The SMILES string of the molecule is c1ccc(CN2CCc3c(nc(NCc4cc(-c5ccccc5)no4)nc3N=C3CC(C4CC4)NN3)C2)cc1. The number of rotatable bonds is 8. The molecule has 4 aromatic rings. The molecule has 0 bridgehead atoms. The maximum Gasteiger partial charge on any atom is 0.225 e. The Kier molecular flexibility index (Phi) is 6.51. The molecule has 3 N–H and O–H groups in total. The van der Waals surface area contributed by atoms with Gasteiger partial charge in [0.1, 0.15) is 11.5 Å². The molecule has 0 spiro atoms. The molecule has 9 heteroatoms. The van der Waals surface area contributed by atoms with E-state index in [4.69, 9.17) is 19.5 Å². The monoisotopic (exact) mass is 520 g/mol. The summed E-state index contributed by atoms with van der Waals surface area (Å²) in [5.41, 5.74) is 12.0. The standard InChI is InChI=1S/C30H32N8O/c1-3-7-20(8-4-1)18-38-14-13-24-27(19-38)32-30(34-29(24)33-28-16-25(35-36-28)22-11-12-22)31-17-23-15-26(37-39-23)21-9-5-2-6-10-21/h1-10,15,22,25,35H,11-14,16-19H2,(H2,31,32,33,34,36). The van der Waals surface area contributed by atoms with E-state index < -0.39 is 0 Å². The van der Waals surface area contributed by atoms with E-state index in [0.717, 1.165) is 78.3 Å². The Bertz CT molecular complexity index is 1470. The number of aliphatic imine (C=N–C) groups is 1. The second-order valence-electron chi connectivity index (χ2n) is 10.6. The Labute approximate surface area is 227 Å².